The molecule has 0 aromatic heterocycles. The molecular weight excluding hydrogens is 210 g/mol. The molecule has 0 aromatic carbocycles. The zero-order valence-corrected chi connectivity index (χ0v) is 10.8. The molecule has 0 atom stereocenters. The summed E-state index contributed by atoms with van der Waals surface area (Å²) in [6.07, 6.45) is 2.57. The highest BCUT2D eigenvalue weighted by Gasteiger charge is 2.05. The predicted molar refractivity (Wildman–Crippen MR) is 62.3 cm³/mol. The third kappa shape index (κ3) is 8.01. The Bertz CT molecular complexity index is 122. The Morgan fingerprint density at radius 1 is 0.750 bits per heavy atom. The van der Waals surface area contributed by atoms with E-state index in [1.54, 1.807) is 28.4 Å². The molecule has 5 nitrogen and oxygen atoms in total. The number of methoxy groups -OCH3 is 4. The molecular formula is C11H25NO4. The van der Waals surface area contributed by atoms with Crippen molar-refractivity contribution in [2.24, 2.45) is 0 Å². The number of nitrogens with one attached hydrogen (secondary N) is 1. The van der Waals surface area contributed by atoms with Crippen LogP contribution in [0.3, 0.4) is 0 Å². The van der Waals surface area contributed by atoms with Crippen LogP contribution in [0.15, 0.2) is 0 Å². The zero-order chi connectivity index (χ0) is 12.2. The largest absolute Gasteiger partial charge is 0.356 e. The summed E-state index contributed by atoms with van der Waals surface area (Å²) in [5.41, 5.74) is 0. The average molecular weight is 235 g/mol. The number of hydrogen-bond donors (Lipinski definition) is 1. The van der Waals surface area contributed by atoms with Gasteiger partial charge in [0.2, 0.25) is 0 Å². The maximum absolute atomic E-state index is 5.09. The van der Waals surface area contributed by atoms with Gasteiger partial charge in [-0.3, -0.25) is 0 Å². The second-order valence-corrected chi connectivity index (χ2v) is 3.48. The van der Waals surface area contributed by atoms with Crippen molar-refractivity contribution < 1.29 is 18.9 Å². The monoisotopic (exact) mass is 235 g/mol. The van der Waals surface area contributed by atoms with Crippen LogP contribution in [0, 0.1) is 0 Å². The van der Waals surface area contributed by atoms with E-state index in [1.807, 2.05) is 0 Å². The van der Waals surface area contributed by atoms with E-state index in [-0.39, 0.29) is 12.6 Å². The van der Waals surface area contributed by atoms with Gasteiger partial charge in [0.05, 0.1) is 0 Å². The lowest BCUT2D eigenvalue weighted by atomic mass is 10.3. The van der Waals surface area contributed by atoms with Crippen molar-refractivity contribution in [2.75, 3.05) is 41.5 Å². The zero-order valence-electron chi connectivity index (χ0n) is 10.8. The highest BCUT2D eigenvalue weighted by atomic mass is 16.7. The van der Waals surface area contributed by atoms with Gasteiger partial charge in [0.25, 0.3) is 0 Å². The van der Waals surface area contributed by atoms with Crippen molar-refractivity contribution in [3.8, 4) is 0 Å². The smallest absolute Gasteiger partial charge is 0.158 e. The highest BCUT2D eigenvalue weighted by molar-refractivity contribution is 4.53. The van der Waals surface area contributed by atoms with Gasteiger partial charge in [-0.2, -0.15) is 0 Å². The first-order valence-corrected chi connectivity index (χ1v) is 5.60. The van der Waals surface area contributed by atoms with E-state index in [9.17, 15) is 0 Å². The number of ether oxygens (including phenoxy) is 4. The summed E-state index contributed by atoms with van der Waals surface area (Å²) < 4.78 is 20.3. The van der Waals surface area contributed by atoms with Crippen LogP contribution in [-0.4, -0.2) is 54.1 Å². The standard InChI is InChI=1S/C11H25NO4/c1-13-10(14-2)6-5-8-12-9-7-11(15-3)16-4/h10-12H,5-9H2,1-4H3. The second kappa shape index (κ2) is 11.3. The van der Waals surface area contributed by atoms with Crippen LogP contribution in [-0.2, 0) is 18.9 Å². The summed E-state index contributed by atoms with van der Waals surface area (Å²) in [6, 6.07) is 0. The average Bonchev–Trinajstić information content (AvgIpc) is 2.33. The molecule has 0 bridgehead atoms. The number of hydrogen-bond acceptors (Lipinski definition) is 5. The molecule has 0 aliphatic rings. The van der Waals surface area contributed by atoms with Crippen LogP contribution < -0.4 is 5.32 Å². The van der Waals surface area contributed by atoms with E-state index in [4.69, 9.17) is 18.9 Å². The van der Waals surface area contributed by atoms with E-state index in [0.29, 0.717) is 0 Å². The molecule has 0 saturated carbocycles. The molecule has 0 fully saturated rings. The lowest BCUT2D eigenvalue weighted by molar-refractivity contribution is -0.108. The minimum Gasteiger partial charge on any atom is -0.356 e. The topological polar surface area (TPSA) is 49.0 Å². The van der Waals surface area contributed by atoms with Gasteiger partial charge in [-0.15, -0.1) is 0 Å². The minimum atomic E-state index is -0.113. The quantitative estimate of drug-likeness (QED) is 0.427. The SMILES string of the molecule is COC(CCCNCCC(OC)OC)OC. The Hall–Kier alpha value is -0.200. The van der Waals surface area contributed by atoms with Crippen LogP contribution in [0.1, 0.15) is 19.3 Å². The summed E-state index contributed by atoms with van der Waals surface area (Å²) in [7, 11) is 6.61. The summed E-state index contributed by atoms with van der Waals surface area (Å²) in [6.45, 7) is 1.83. The second-order valence-electron chi connectivity index (χ2n) is 3.48. The third-order valence-electron chi connectivity index (χ3n) is 2.40. The fraction of sp³-hybridized carbons (Fsp3) is 1.00. The van der Waals surface area contributed by atoms with Crippen LogP contribution in [0.25, 0.3) is 0 Å². The van der Waals surface area contributed by atoms with E-state index in [2.05, 4.69) is 5.32 Å². The molecule has 0 aliphatic carbocycles. The van der Waals surface area contributed by atoms with Crippen LogP contribution in [0.2, 0.25) is 0 Å². The minimum absolute atomic E-state index is 0.0903. The van der Waals surface area contributed by atoms with Crippen molar-refractivity contribution in [1.29, 1.82) is 0 Å². The van der Waals surface area contributed by atoms with Crippen molar-refractivity contribution in [3.05, 3.63) is 0 Å². The molecule has 16 heavy (non-hydrogen) atoms. The van der Waals surface area contributed by atoms with Crippen LogP contribution in [0.4, 0.5) is 0 Å². The summed E-state index contributed by atoms with van der Waals surface area (Å²) in [5, 5.41) is 3.32. The molecule has 0 rings (SSSR count). The molecule has 0 unspecified atom stereocenters. The molecule has 98 valence electrons. The highest BCUT2D eigenvalue weighted by Crippen LogP contribution is 2.01. The molecule has 0 amide bonds. The Labute approximate surface area is 98.4 Å². The molecule has 5 heteroatoms. The normalized spacial score (nSPS) is 11.6. The van der Waals surface area contributed by atoms with E-state index >= 15 is 0 Å². The summed E-state index contributed by atoms with van der Waals surface area (Å²) in [5.74, 6) is 0. The van der Waals surface area contributed by atoms with Gasteiger partial charge in [0, 0.05) is 34.9 Å². The lowest BCUT2D eigenvalue weighted by Crippen LogP contribution is -2.24. The molecule has 0 heterocycles. The summed E-state index contributed by atoms with van der Waals surface area (Å²) >= 11 is 0. The first-order chi connectivity index (χ1) is 7.78. The van der Waals surface area contributed by atoms with E-state index < -0.39 is 0 Å². The van der Waals surface area contributed by atoms with Crippen molar-refractivity contribution >= 4 is 0 Å². The fourth-order valence-electron chi connectivity index (χ4n) is 1.40. The maximum Gasteiger partial charge on any atom is 0.158 e. The fourth-order valence-corrected chi connectivity index (χ4v) is 1.40. The number of rotatable bonds is 11. The molecule has 0 radical (unpaired) electrons. The van der Waals surface area contributed by atoms with Crippen molar-refractivity contribution in [3.63, 3.8) is 0 Å². The van der Waals surface area contributed by atoms with Gasteiger partial charge in [-0.1, -0.05) is 0 Å². The Kier molecular flexibility index (Phi) is 11.1. The van der Waals surface area contributed by atoms with Gasteiger partial charge in [-0.25, -0.2) is 0 Å². The maximum atomic E-state index is 5.09. The molecule has 0 saturated heterocycles. The van der Waals surface area contributed by atoms with Gasteiger partial charge in [0.15, 0.2) is 12.6 Å². The lowest BCUT2D eigenvalue weighted by Gasteiger charge is -2.15. The molecule has 1 N–H and O–H groups in total. The third-order valence-corrected chi connectivity index (χ3v) is 2.40. The van der Waals surface area contributed by atoms with Gasteiger partial charge in [-0.05, 0) is 25.9 Å². The van der Waals surface area contributed by atoms with Crippen molar-refractivity contribution in [2.45, 2.75) is 31.8 Å². The molecule has 0 spiro atoms. The Balaban J connectivity index is 3.26. The van der Waals surface area contributed by atoms with Gasteiger partial charge >= 0.3 is 0 Å². The molecule has 0 aliphatic heterocycles. The molecule has 0 aromatic rings. The van der Waals surface area contributed by atoms with Crippen molar-refractivity contribution in [1.82, 2.24) is 5.32 Å². The first kappa shape index (κ1) is 15.8. The van der Waals surface area contributed by atoms with E-state index in [0.717, 1.165) is 32.4 Å². The van der Waals surface area contributed by atoms with Crippen LogP contribution in [0.5, 0.6) is 0 Å². The van der Waals surface area contributed by atoms with Gasteiger partial charge < -0.3 is 24.3 Å². The summed E-state index contributed by atoms with van der Waals surface area (Å²) in [4.78, 5) is 0. The first-order valence-electron chi connectivity index (χ1n) is 5.60. The van der Waals surface area contributed by atoms with Gasteiger partial charge in [0.1, 0.15) is 0 Å². The van der Waals surface area contributed by atoms with E-state index in [1.165, 1.54) is 0 Å². The Morgan fingerprint density at radius 2 is 1.25 bits per heavy atom. The van der Waals surface area contributed by atoms with Crippen LogP contribution >= 0.6 is 0 Å². The predicted octanol–water partition coefficient (Wildman–Crippen LogP) is 0.984. The Morgan fingerprint density at radius 3 is 1.75 bits per heavy atom.